The summed E-state index contributed by atoms with van der Waals surface area (Å²) in [4.78, 5) is 4.62. The molecule has 0 N–H and O–H groups in total. The van der Waals surface area contributed by atoms with Crippen LogP contribution in [0.15, 0.2) is 219 Å². The van der Waals surface area contributed by atoms with E-state index >= 15 is 0 Å². The normalized spacial score (nSPS) is 15.0. The molecule has 0 fully saturated rings. The molecule has 1 unspecified atom stereocenters. The number of nitrogens with zero attached hydrogens (tertiary/aromatic N) is 2. The van der Waals surface area contributed by atoms with Gasteiger partial charge in [-0.25, -0.2) is 0 Å². The highest BCUT2D eigenvalue weighted by Gasteiger charge is 2.49. The lowest BCUT2D eigenvalue weighted by atomic mass is 9.71. The van der Waals surface area contributed by atoms with Crippen LogP contribution in [0.3, 0.4) is 0 Å². The van der Waals surface area contributed by atoms with Gasteiger partial charge in [0.1, 0.15) is 0 Å². The molecule has 62 heavy (non-hydrogen) atoms. The summed E-state index contributed by atoms with van der Waals surface area (Å²) in [5.74, 6) is 0. The smallest absolute Gasteiger partial charge is 0.0702 e. The molecule has 2 heterocycles. The lowest BCUT2D eigenvalue weighted by Gasteiger charge is -2.30. The van der Waals surface area contributed by atoms with Crippen molar-refractivity contribution >= 4 is 32.6 Å². The van der Waals surface area contributed by atoms with Gasteiger partial charge in [-0.2, -0.15) is 0 Å². The minimum absolute atomic E-state index is 0.273. The van der Waals surface area contributed by atoms with Crippen LogP contribution in [0.2, 0.25) is 0 Å². The van der Waals surface area contributed by atoms with Crippen molar-refractivity contribution in [1.29, 1.82) is 0 Å². The summed E-state index contributed by atoms with van der Waals surface area (Å²) in [6.45, 7) is 0. The van der Waals surface area contributed by atoms with Gasteiger partial charge in [-0.05, 0) is 151 Å². The summed E-state index contributed by atoms with van der Waals surface area (Å²) in [6, 6.07) is 78.8. The number of pyridine rings is 1. The van der Waals surface area contributed by atoms with Gasteiger partial charge in [0.05, 0.1) is 16.7 Å². The van der Waals surface area contributed by atoms with Crippen LogP contribution in [0.1, 0.15) is 28.7 Å². The molecule has 2 aliphatic carbocycles. The molecule has 0 aliphatic heterocycles. The highest BCUT2D eigenvalue weighted by molar-refractivity contribution is 6.09. The second-order valence-corrected chi connectivity index (χ2v) is 17.0. The lowest BCUT2D eigenvalue weighted by molar-refractivity contribution is 0.630. The number of hydrogen-bond acceptors (Lipinski definition) is 1. The number of aromatic nitrogens is 2. The van der Waals surface area contributed by atoms with Gasteiger partial charge in [-0.1, -0.05) is 152 Å². The van der Waals surface area contributed by atoms with Crippen molar-refractivity contribution in [1.82, 2.24) is 9.55 Å². The van der Waals surface area contributed by atoms with Gasteiger partial charge in [0, 0.05) is 33.6 Å². The number of para-hydroxylation sites is 2. The quantitative estimate of drug-likeness (QED) is 0.170. The Balaban J connectivity index is 0.943. The number of hydrogen-bond donors (Lipinski definition) is 0. The average molecular weight is 789 g/mol. The third-order valence-electron chi connectivity index (χ3n) is 13.9. The maximum Gasteiger partial charge on any atom is 0.0702 e. The Labute approximate surface area is 361 Å². The summed E-state index contributed by atoms with van der Waals surface area (Å²) >= 11 is 0. The molecule has 2 aliphatic rings. The van der Waals surface area contributed by atoms with E-state index in [1.807, 2.05) is 18.3 Å². The fraction of sp³-hybridized carbons (Fsp3) is 0.0500. The van der Waals surface area contributed by atoms with E-state index < -0.39 is 0 Å². The van der Waals surface area contributed by atoms with Crippen LogP contribution in [-0.4, -0.2) is 9.55 Å². The molecule has 13 rings (SSSR count). The van der Waals surface area contributed by atoms with Gasteiger partial charge >= 0.3 is 0 Å². The number of rotatable bonds is 5. The molecular formula is C60H40N2. The minimum Gasteiger partial charge on any atom is -0.309 e. The summed E-state index contributed by atoms with van der Waals surface area (Å²) < 4.78 is 2.40. The predicted octanol–water partition coefficient (Wildman–Crippen LogP) is 15.3. The minimum atomic E-state index is -0.273. The van der Waals surface area contributed by atoms with E-state index in [-0.39, 0.29) is 5.41 Å². The fourth-order valence-electron chi connectivity index (χ4n) is 11.1. The Bertz CT molecular complexity index is 3520. The molecule has 1 atom stereocenters. The molecule has 0 saturated heterocycles. The first kappa shape index (κ1) is 35.0. The number of fused-ring (bicyclic) bond motifs is 12. The molecule has 0 saturated carbocycles. The standard InChI is InChI=1S/C60H40N2/c1-2-16-49-40(11-1)22-23-41-32-33-60(59(41)49)54-37-45(39-24-28-48(29-25-39)62-57-20-5-3-17-52(57)53-18-4-6-21-58(53)62)26-30-50(54)51-31-27-46(38-55(51)60)43-13-9-12-42(35-43)44-14-10-15-47(36-44)56-19-7-8-34-61-56/h1-31,34-38H,32-33H2. The predicted molar refractivity (Wildman–Crippen MR) is 258 cm³/mol. The van der Waals surface area contributed by atoms with Gasteiger partial charge in [-0.3, -0.25) is 4.98 Å². The van der Waals surface area contributed by atoms with Crippen molar-refractivity contribution < 1.29 is 0 Å². The molecule has 0 bridgehead atoms. The molecule has 2 nitrogen and oxygen atoms in total. The molecule has 1 spiro atoms. The summed E-state index contributed by atoms with van der Waals surface area (Å²) in [5.41, 5.74) is 21.3. The fourth-order valence-corrected chi connectivity index (χ4v) is 11.1. The number of aryl methyl sites for hydroxylation is 1. The Morgan fingerprint density at radius 3 is 1.61 bits per heavy atom. The number of benzene rings is 9. The zero-order valence-electron chi connectivity index (χ0n) is 34.1. The van der Waals surface area contributed by atoms with Gasteiger partial charge < -0.3 is 4.57 Å². The zero-order chi connectivity index (χ0) is 40.8. The van der Waals surface area contributed by atoms with Crippen LogP contribution in [0.25, 0.3) is 94.0 Å². The molecule has 0 amide bonds. The molecule has 2 aromatic heterocycles. The molecular weight excluding hydrogens is 749 g/mol. The molecule has 9 aromatic carbocycles. The Hall–Kier alpha value is -7.81. The van der Waals surface area contributed by atoms with E-state index in [9.17, 15) is 0 Å². The van der Waals surface area contributed by atoms with E-state index in [0.717, 1.165) is 24.1 Å². The second kappa shape index (κ2) is 13.6. The third kappa shape index (κ3) is 5.20. The SMILES string of the molecule is c1ccc(-c2cccc(-c3cccc(-c4ccc5c(c4)C4(CCc6ccc7ccccc7c64)c4cc(-c6ccc(-n7c8ccccc8c8ccccc87)cc6)ccc4-5)c3)c2)nc1. The van der Waals surface area contributed by atoms with E-state index in [4.69, 9.17) is 0 Å². The Morgan fingerprint density at radius 2 is 0.952 bits per heavy atom. The third-order valence-corrected chi connectivity index (χ3v) is 13.9. The van der Waals surface area contributed by atoms with Gasteiger partial charge in [-0.15, -0.1) is 0 Å². The van der Waals surface area contributed by atoms with Gasteiger partial charge in [0.2, 0.25) is 0 Å². The van der Waals surface area contributed by atoms with Crippen LogP contribution < -0.4 is 0 Å². The van der Waals surface area contributed by atoms with Crippen LogP contribution in [-0.2, 0) is 11.8 Å². The van der Waals surface area contributed by atoms with Crippen molar-refractivity contribution in [3.05, 3.63) is 241 Å². The van der Waals surface area contributed by atoms with E-state index in [1.54, 1.807) is 0 Å². The molecule has 2 heteroatoms. The lowest BCUT2D eigenvalue weighted by Crippen LogP contribution is -2.24. The Morgan fingerprint density at radius 1 is 0.403 bits per heavy atom. The van der Waals surface area contributed by atoms with Crippen LogP contribution in [0.5, 0.6) is 0 Å². The maximum atomic E-state index is 4.62. The van der Waals surface area contributed by atoms with Crippen molar-refractivity contribution in [2.45, 2.75) is 18.3 Å². The second-order valence-electron chi connectivity index (χ2n) is 17.0. The van der Waals surface area contributed by atoms with Crippen LogP contribution in [0, 0.1) is 0 Å². The molecule has 11 aromatic rings. The average Bonchev–Trinajstić information content (AvgIpc) is 4.00. The largest absolute Gasteiger partial charge is 0.309 e. The van der Waals surface area contributed by atoms with E-state index in [1.165, 1.54) is 105 Å². The first-order valence-electron chi connectivity index (χ1n) is 21.7. The first-order chi connectivity index (χ1) is 30.7. The van der Waals surface area contributed by atoms with Gasteiger partial charge in [0.25, 0.3) is 0 Å². The highest BCUT2D eigenvalue weighted by atomic mass is 15.0. The summed E-state index contributed by atoms with van der Waals surface area (Å²) in [7, 11) is 0. The Kier molecular flexibility index (Phi) is 7.68. The topological polar surface area (TPSA) is 17.8 Å². The van der Waals surface area contributed by atoms with Gasteiger partial charge in [0.15, 0.2) is 0 Å². The van der Waals surface area contributed by atoms with E-state index in [2.05, 4.69) is 210 Å². The van der Waals surface area contributed by atoms with Crippen molar-refractivity contribution in [2.75, 3.05) is 0 Å². The molecule has 0 radical (unpaired) electrons. The zero-order valence-corrected chi connectivity index (χ0v) is 34.1. The molecule has 290 valence electrons. The first-order valence-corrected chi connectivity index (χ1v) is 21.7. The van der Waals surface area contributed by atoms with Crippen LogP contribution in [0.4, 0.5) is 0 Å². The summed E-state index contributed by atoms with van der Waals surface area (Å²) in [5, 5.41) is 5.23. The maximum absolute atomic E-state index is 4.62. The van der Waals surface area contributed by atoms with Crippen molar-refractivity contribution in [3.63, 3.8) is 0 Å². The van der Waals surface area contributed by atoms with E-state index in [0.29, 0.717) is 0 Å². The van der Waals surface area contributed by atoms with Crippen molar-refractivity contribution in [3.8, 4) is 61.5 Å². The van der Waals surface area contributed by atoms with Crippen molar-refractivity contribution in [2.24, 2.45) is 0 Å². The highest BCUT2D eigenvalue weighted by Crippen LogP contribution is 2.60. The summed E-state index contributed by atoms with van der Waals surface area (Å²) in [6.07, 6.45) is 3.94. The monoisotopic (exact) mass is 788 g/mol. The van der Waals surface area contributed by atoms with Crippen LogP contribution >= 0.6 is 0 Å².